The molecule has 1 fully saturated rings. The van der Waals surface area contributed by atoms with Gasteiger partial charge in [-0.3, -0.25) is 20.0 Å². The van der Waals surface area contributed by atoms with Gasteiger partial charge in [0.2, 0.25) is 0 Å². The van der Waals surface area contributed by atoms with Gasteiger partial charge in [-0.1, -0.05) is 6.07 Å². The molecule has 4 aromatic rings. The summed E-state index contributed by atoms with van der Waals surface area (Å²) < 4.78 is 5.39. The summed E-state index contributed by atoms with van der Waals surface area (Å²) >= 11 is 1.43. The maximum atomic E-state index is 13.0. The largest absolute Gasteiger partial charge is 0.379 e. The number of nitrogens with one attached hydrogen (secondary N) is 2. The number of fused-ring (bicyclic) bond motifs is 1. The molecule has 0 spiro atoms. The number of aromatic amines is 1. The van der Waals surface area contributed by atoms with Crippen molar-refractivity contribution in [1.82, 2.24) is 24.8 Å². The number of aryl methyl sites for hydroxylation is 1. The molecule has 0 saturated carbocycles. The van der Waals surface area contributed by atoms with Gasteiger partial charge in [0.15, 0.2) is 5.13 Å². The predicted molar refractivity (Wildman–Crippen MR) is 120 cm³/mol. The molecule has 0 unspecified atom stereocenters. The minimum Gasteiger partial charge on any atom is -0.379 e. The van der Waals surface area contributed by atoms with Crippen molar-refractivity contribution in [1.29, 1.82) is 0 Å². The van der Waals surface area contributed by atoms with Crippen LogP contribution in [0, 0.1) is 6.92 Å². The second-order valence-corrected chi connectivity index (χ2v) is 8.27. The Morgan fingerprint density at radius 3 is 2.94 bits per heavy atom. The van der Waals surface area contributed by atoms with Crippen LogP contribution in [0.3, 0.4) is 0 Å². The lowest BCUT2D eigenvalue weighted by Gasteiger charge is -2.25. The summed E-state index contributed by atoms with van der Waals surface area (Å²) in [6.45, 7) is 6.01. The van der Waals surface area contributed by atoms with E-state index in [0.717, 1.165) is 55.3 Å². The third-order valence-electron chi connectivity index (χ3n) is 5.28. The number of ether oxygens (including phenoxy) is 1. The summed E-state index contributed by atoms with van der Waals surface area (Å²) in [4.78, 5) is 32.2. The number of nitrogens with zero attached hydrogens (tertiary/aromatic N) is 4. The van der Waals surface area contributed by atoms with Crippen LogP contribution in [0.15, 0.2) is 41.9 Å². The molecule has 2 N–H and O–H groups in total. The van der Waals surface area contributed by atoms with Crippen LogP contribution in [0.5, 0.6) is 0 Å². The molecule has 1 amide bonds. The smallest absolute Gasteiger partial charge is 0.259 e. The first kappa shape index (κ1) is 19.8. The van der Waals surface area contributed by atoms with Crippen molar-refractivity contribution in [3.8, 4) is 11.4 Å². The van der Waals surface area contributed by atoms with Crippen molar-refractivity contribution < 1.29 is 9.53 Å². The number of benzene rings is 1. The van der Waals surface area contributed by atoms with Crippen molar-refractivity contribution in [3.05, 3.63) is 58.9 Å². The molecule has 1 saturated heterocycles. The second-order valence-electron chi connectivity index (χ2n) is 7.41. The van der Waals surface area contributed by atoms with E-state index in [2.05, 4.69) is 25.2 Å². The SMILES string of the molecule is Cc1ncccc1-c1nc2c(C(=O)Nc3nc(CN4CCOCC4)cs3)cccc2[nH]1. The Hall–Kier alpha value is -3.14. The number of imidazole rings is 1. The van der Waals surface area contributed by atoms with Gasteiger partial charge < -0.3 is 9.72 Å². The number of anilines is 1. The molecule has 31 heavy (non-hydrogen) atoms. The van der Waals surface area contributed by atoms with Crippen LogP contribution < -0.4 is 5.32 Å². The van der Waals surface area contributed by atoms with Crippen LogP contribution in [0.2, 0.25) is 0 Å². The Labute approximate surface area is 183 Å². The van der Waals surface area contributed by atoms with E-state index in [1.807, 2.05) is 36.6 Å². The lowest BCUT2D eigenvalue weighted by molar-refractivity contribution is 0.0337. The maximum Gasteiger partial charge on any atom is 0.259 e. The highest BCUT2D eigenvalue weighted by atomic mass is 32.1. The van der Waals surface area contributed by atoms with Crippen LogP contribution in [-0.2, 0) is 11.3 Å². The Kier molecular flexibility index (Phi) is 5.46. The van der Waals surface area contributed by atoms with E-state index < -0.39 is 0 Å². The quantitative estimate of drug-likeness (QED) is 0.499. The van der Waals surface area contributed by atoms with Crippen LogP contribution in [0.25, 0.3) is 22.4 Å². The molecule has 5 rings (SSSR count). The van der Waals surface area contributed by atoms with Crippen LogP contribution in [0.1, 0.15) is 21.7 Å². The number of rotatable bonds is 5. The number of pyridine rings is 1. The van der Waals surface area contributed by atoms with Crippen LogP contribution in [0.4, 0.5) is 5.13 Å². The van der Waals surface area contributed by atoms with Crippen molar-refractivity contribution in [2.45, 2.75) is 13.5 Å². The summed E-state index contributed by atoms with van der Waals surface area (Å²) in [5.74, 6) is 0.474. The molecule has 0 aliphatic carbocycles. The van der Waals surface area contributed by atoms with E-state index in [9.17, 15) is 4.79 Å². The number of aromatic nitrogens is 4. The van der Waals surface area contributed by atoms with Gasteiger partial charge in [-0.05, 0) is 31.2 Å². The van der Waals surface area contributed by atoms with Gasteiger partial charge in [0, 0.05) is 42.5 Å². The number of H-pyrrole nitrogens is 1. The third-order valence-corrected chi connectivity index (χ3v) is 6.09. The van der Waals surface area contributed by atoms with E-state index in [4.69, 9.17) is 9.72 Å². The van der Waals surface area contributed by atoms with Crippen molar-refractivity contribution in [3.63, 3.8) is 0 Å². The monoisotopic (exact) mass is 434 g/mol. The topological polar surface area (TPSA) is 96.0 Å². The highest BCUT2D eigenvalue weighted by Crippen LogP contribution is 2.25. The Morgan fingerprint density at radius 1 is 1.23 bits per heavy atom. The summed E-state index contributed by atoms with van der Waals surface area (Å²) in [7, 11) is 0. The number of morpholine rings is 1. The zero-order valence-electron chi connectivity index (χ0n) is 17.1. The first-order valence-corrected chi connectivity index (χ1v) is 11.0. The first-order chi connectivity index (χ1) is 15.2. The molecule has 9 heteroatoms. The van der Waals surface area contributed by atoms with E-state index >= 15 is 0 Å². The highest BCUT2D eigenvalue weighted by Gasteiger charge is 2.17. The minimum atomic E-state index is -0.223. The molecule has 0 atom stereocenters. The molecule has 0 bridgehead atoms. The van der Waals surface area contributed by atoms with E-state index in [1.165, 1.54) is 11.3 Å². The summed E-state index contributed by atoms with van der Waals surface area (Å²) in [5, 5.41) is 5.50. The molecule has 8 nitrogen and oxygen atoms in total. The average molecular weight is 435 g/mol. The summed E-state index contributed by atoms with van der Waals surface area (Å²) in [6.07, 6.45) is 1.75. The van der Waals surface area contributed by atoms with Gasteiger partial charge in [0.25, 0.3) is 5.91 Å². The predicted octanol–water partition coefficient (Wildman–Crippen LogP) is 3.47. The van der Waals surface area contributed by atoms with Gasteiger partial charge in [0.1, 0.15) is 11.3 Å². The zero-order chi connectivity index (χ0) is 21.2. The Balaban J connectivity index is 1.36. The number of amides is 1. The Bertz CT molecular complexity index is 1230. The normalized spacial score (nSPS) is 14.7. The highest BCUT2D eigenvalue weighted by molar-refractivity contribution is 7.14. The fourth-order valence-corrected chi connectivity index (χ4v) is 4.36. The van der Waals surface area contributed by atoms with E-state index in [-0.39, 0.29) is 5.91 Å². The second kappa shape index (κ2) is 8.54. The molecule has 0 radical (unpaired) electrons. The van der Waals surface area contributed by atoms with Gasteiger partial charge in [-0.25, -0.2) is 9.97 Å². The van der Waals surface area contributed by atoms with E-state index in [0.29, 0.717) is 22.0 Å². The molecule has 1 aromatic carbocycles. The van der Waals surface area contributed by atoms with Crippen molar-refractivity contribution >= 4 is 33.4 Å². The number of para-hydroxylation sites is 1. The van der Waals surface area contributed by atoms with Crippen LogP contribution in [-0.4, -0.2) is 57.0 Å². The number of carbonyl (C=O) groups excluding carboxylic acids is 1. The molecular weight excluding hydrogens is 412 g/mol. The third kappa shape index (κ3) is 4.20. The number of hydrogen-bond donors (Lipinski definition) is 2. The summed E-state index contributed by atoms with van der Waals surface area (Å²) in [6, 6.07) is 9.38. The number of thiazole rings is 1. The van der Waals surface area contributed by atoms with Crippen LogP contribution >= 0.6 is 11.3 Å². The molecule has 1 aliphatic rings. The number of hydrogen-bond acceptors (Lipinski definition) is 7. The summed E-state index contributed by atoms with van der Waals surface area (Å²) in [5.41, 5.74) is 4.68. The fraction of sp³-hybridized carbons (Fsp3) is 0.273. The molecule has 158 valence electrons. The molecular formula is C22H22N6O2S. The zero-order valence-corrected chi connectivity index (χ0v) is 17.9. The van der Waals surface area contributed by atoms with Gasteiger partial charge in [-0.2, -0.15) is 0 Å². The van der Waals surface area contributed by atoms with E-state index in [1.54, 1.807) is 12.3 Å². The van der Waals surface area contributed by atoms with Gasteiger partial charge in [-0.15, -0.1) is 11.3 Å². The van der Waals surface area contributed by atoms with Gasteiger partial charge in [0.05, 0.1) is 30.0 Å². The lowest BCUT2D eigenvalue weighted by atomic mass is 10.2. The maximum absolute atomic E-state index is 13.0. The average Bonchev–Trinajstić information content (AvgIpc) is 3.41. The standard InChI is InChI=1S/C22H22N6O2S/c1-14-16(5-3-7-23-14)20-25-18-6-2-4-17(19(18)26-20)21(29)27-22-24-15(13-31-22)12-28-8-10-30-11-9-28/h2-7,13H,8-12H2,1H3,(H,25,26)(H,24,27,29). The molecule has 3 aromatic heterocycles. The molecule has 4 heterocycles. The Morgan fingerprint density at radius 2 is 2.10 bits per heavy atom. The molecule has 1 aliphatic heterocycles. The van der Waals surface area contributed by atoms with Crippen molar-refractivity contribution in [2.75, 3.05) is 31.6 Å². The van der Waals surface area contributed by atoms with Gasteiger partial charge >= 0.3 is 0 Å². The fourth-order valence-electron chi connectivity index (χ4n) is 3.67. The van der Waals surface area contributed by atoms with Crippen molar-refractivity contribution in [2.24, 2.45) is 0 Å². The number of carbonyl (C=O) groups is 1. The lowest BCUT2D eigenvalue weighted by Crippen LogP contribution is -2.35. The first-order valence-electron chi connectivity index (χ1n) is 10.1. The minimum absolute atomic E-state index is 0.223.